The molecule has 1 aliphatic carbocycles. The van der Waals surface area contributed by atoms with Crippen LogP contribution in [0.25, 0.3) is 0 Å². The number of hydrogen-bond donors (Lipinski definition) is 1. The summed E-state index contributed by atoms with van der Waals surface area (Å²) in [5.41, 5.74) is 2.31. The van der Waals surface area contributed by atoms with Gasteiger partial charge in [0.2, 0.25) is 5.91 Å². The molecule has 8 heteroatoms. The van der Waals surface area contributed by atoms with Gasteiger partial charge in [-0.1, -0.05) is 30.3 Å². The zero-order valence-electron chi connectivity index (χ0n) is 20.4. The molecule has 1 aromatic heterocycles. The normalized spacial score (nSPS) is 18.3. The number of benzene rings is 2. The van der Waals surface area contributed by atoms with Gasteiger partial charge < -0.3 is 19.3 Å². The van der Waals surface area contributed by atoms with Crippen molar-refractivity contribution in [1.29, 1.82) is 0 Å². The minimum atomic E-state index is 0.0424. The summed E-state index contributed by atoms with van der Waals surface area (Å²) in [5, 5.41) is 6.94. The molecule has 0 radical (unpaired) electrons. The molecule has 1 saturated carbocycles. The second kappa shape index (κ2) is 10.4. The number of hydrogen-bond acceptors (Lipinski definition) is 6. The van der Waals surface area contributed by atoms with E-state index in [4.69, 9.17) is 9.47 Å². The van der Waals surface area contributed by atoms with Crippen molar-refractivity contribution in [3.05, 3.63) is 65.7 Å². The van der Waals surface area contributed by atoms with Crippen LogP contribution in [0.5, 0.6) is 11.5 Å². The molecular formula is C27H33N5O3. The number of H-pyrrole nitrogens is 1. The van der Waals surface area contributed by atoms with Crippen LogP contribution in [-0.4, -0.2) is 64.9 Å². The molecule has 8 nitrogen and oxygen atoms in total. The maximum absolute atomic E-state index is 13.3. The van der Waals surface area contributed by atoms with E-state index in [1.165, 1.54) is 12.0 Å². The predicted octanol–water partition coefficient (Wildman–Crippen LogP) is 3.56. The molecule has 1 amide bonds. The number of anilines is 1. The number of aryl methyl sites for hydroxylation is 1. The SMILES string of the molecule is COc1ccc(N2CCN(C(=O)Cc3nc(C)n[nH]3)C(Cc3ccccc3)C2)cc1OC1CCC1. The Morgan fingerprint density at radius 3 is 2.63 bits per heavy atom. The lowest BCUT2D eigenvalue weighted by molar-refractivity contribution is -0.133. The Morgan fingerprint density at radius 1 is 1.11 bits per heavy atom. The summed E-state index contributed by atoms with van der Waals surface area (Å²) in [7, 11) is 1.68. The Bertz CT molecular complexity index is 1140. The van der Waals surface area contributed by atoms with Gasteiger partial charge in [0.1, 0.15) is 11.6 Å². The highest BCUT2D eigenvalue weighted by Gasteiger charge is 2.32. The lowest BCUT2D eigenvalue weighted by atomic mass is 9.96. The number of carbonyl (C=O) groups is 1. The van der Waals surface area contributed by atoms with E-state index in [-0.39, 0.29) is 24.5 Å². The van der Waals surface area contributed by atoms with Crippen molar-refractivity contribution in [2.45, 2.75) is 51.2 Å². The Kier molecular flexibility index (Phi) is 6.88. The summed E-state index contributed by atoms with van der Waals surface area (Å²) in [4.78, 5) is 22.0. The molecule has 1 atom stereocenters. The van der Waals surface area contributed by atoms with Crippen molar-refractivity contribution in [3.8, 4) is 11.5 Å². The highest BCUT2D eigenvalue weighted by molar-refractivity contribution is 5.78. The van der Waals surface area contributed by atoms with Gasteiger partial charge in [-0.15, -0.1) is 0 Å². The molecule has 0 spiro atoms. The largest absolute Gasteiger partial charge is 0.493 e. The minimum Gasteiger partial charge on any atom is -0.493 e. The first-order valence-electron chi connectivity index (χ1n) is 12.4. The molecule has 2 heterocycles. The molecule has 2 aliphatic rings. The molecule has 2 aromatic carbocycles. The molecule has 35 heavy (non-hydrogen) atoms. The zero-order valence-corrected chi connectivity index (χ0v) is 20.4. The molecule has 184 valence electrons. The van der Waals surface area contributed by atoms with Gasteiger partial charge >= 0.3 is 0 Å². The van der Waals surface area contributed by atoms with E-state index >= 15 is 0 Å². The fraction of sp³-hybridized carbons (Fsp3) is 0.444. The monoisotopic (exact) mass is 475 g/mol. The van der Waals surface area contributed by atoms with E-state index in [2.05, 4.69) is 44.3 Å². The molecule has 1 N–H and O–H groups in total. The maximum atomic E-state index is 13.3. The van der Waals surface area contributed by atoms with Crippen LogP contribution >= 0.6 is 0 Å². The fourth-order valence-electron chi connectivity index (χ4n) is 4.82. The van der Waals surface area contributed by atoms with Crippen LogP contribution in [0, 0.1) is 6.92 Å². The number of nitrogens with zero attached hydrogens (tertiary/aromatic N) is 4. The number of piperazine rings is 1. The number of rotatable bonds is 8. The summed E-state index contributed by atoms with van der Waals surface area (Å²) < 4.78 is 11.8. The van der Waals surface area contributed by atoms with Crippen molar-refractivity contribution < 1.29 is 14.3 Å². The van der Waals surface area contributed by atoms with Gasteiger partial charge in [0, 0.05) is 31.4 Å². The molecule has 3 aromatic rings. The number of nitrogens with one attached hydrogen (secondary N) is 1. The molecule has 2 fully saturated rings. The molecule has 1 unspecified atom stereocenters. The van der Waals surface area contributed by atoms with Crippen LogP contribution in [0.3, 0.4) is 0 Å². The second-order valence-corrected chi connectivity index (χ2v) is 9.39. The zero-order chi connectivity index (χ0) is 24.2. The van der Waals surface area contributed by atoms with Crippen LogP contribution < -0.4 is 14.4 Å². The third-order valence-electron chi connectivity index (χ3n) is 6.94. The first-order valence-corrected chi connectivity index (χ1v) is 12.4. The molecule has 1 saturated heterocycles. The van der Waals surface area contributed by atoms with Gasteiger partial charge in [0.05, 0.1) is 25.7 Å². The van der Waals surface area contributed by atoms with Crippen molar-refractivity contribution in [2.75, 3.05) is 31.6 Å². The lowest BCUT2D eigenvalue weighted by Gasteiger charge is -2.43. The predicted molar refractivity (Wildman–Crippen MR) is 134 cm³/mol. The quantitative estimate of drug-likeness (QED) is 0.536. The van der Waals surface area contributed by atoms with E-state index in [1.54, 1.807) is 7.11 Å². The van der Waals surface area contributed by atoms with E-state index < -0.39 is 0 Å². The van der Waals surface area contributed by atoms with Gasteiger partial charge in [-0.3, -0.25) is 9.89 Å². The number of aromatic nitrogens is 3. The number of amides is 1. The fourth-order valence-corrected chi connectivity index (χ4v) is 4.82. The summed E-state index contributed by atoms with van der Waals surface area (Å²) >= 11 is 0. The Labute approximate surface area is 206 Å². The van der Waals surface area contributed by atoms with Crippen molar-refractivity contribution in [3.63, 3.8) is 0 Å². The standard InChI is InChI=1S/C27H33N5O3/c1-19-28-26(30-29-19)17-27(33)32-14-13-31(18-22(32)15-20-7-4-3-5-8-20)21-11-12-24(34-2)25(16-21)35-23-9-6-10-23/h3-5,7-8,11-12,16,22-23H,6,9-10,13-15,17-18H2,1-2H3,(H,28,29,30). The lowest BCUT2D eigenvalue weighted by Crippen LogP contribution is -2.56. The Morgan fingerprint density at radius 2 is 1.94 bits per heavy atom. The topological polar surface area (TPSA) is 83.6 Å². The average Bonchev–Trinajstić information content (AvgIpc) is 3.26. The van der Waals surface area contributed by atoms with E-state index in [1.807, 2.05) is 36.1 Å². The summed E-state index contributed by atoms with van der Waals surface area (Å²) in [6.07, 6.45) is 4.71. The molecule has 5 rings (SSSR count). The van der Waals surface area contributed by atoms with E-state index in [9.17, 15) is 4.79 Å². The third-order valence-corrected chi connectivity index (χ3v) is 6.94. The maximum Gasteiger partial charge on any atom is 0.230 e. The molecular weight excluding hydrogens is 442 g/mol. The highest BCUT2D eigenvalue weighted by Crippen LogP contribution is 2.36. The average molecular weight is 476 g/mol. The number of ether oxygens (including phenoxy) is 2. The Balaban J connectivity index is 1.35. The van der Waals surface area contributed by atoms with Crippen LogP contribution in [0.15, 0.2) is 48.5 Å². The highest BCUT2D eigenvalue weighted by atomic mass is 16.5. The van der Waals surface area contributed by atoms with Gasteiger partial charge in [-0.05, 0) is 50.3 Å². The van der Waals surface area contributed by atoms with Gasteiger partial charge in [0.15, 0.2) is 11.5 Å². The number of carbonyl (C=O) groups excluding carboxylic acids is 1. The number of methoxy groups -OCH3 is 1. The van der Waals surface area contributed by atoms with Crippen molar-refractivity contribution in [2.24, 2.45) is 0 Å². The summed E-state index contributed by atoms with van der Waals surface area (Å²) in [6.45, 7) is 3.96. The van der Waals surface area contributed by atoms with Crippen LogP contribution in [-0.2, 0) is 17.6 Å². The van der Waals surface area contributed by atoms with Crippen LogP contribution in [0.2, 0.25) is 0 Å². The van der Waals surface area contributed by atoms with Crippen LogP contribution in [0.4, 0.5) is 5.69 Å². The van der Waals surface area contributed by atoms with Gasteiger partial charge in [-0.25, -0.2) is 4.98 Å². The minimum absolute atomic E-state index is 0.0424. The summed E-state index contributed by atoms with van der Waals surface area (Å²) in [6, 6.07) is 16.6. The van der Waals surface area contributed by atoms with Gasteiger partial charge in [0.25, 0.3) is 0 Å². The second-order valence-electron chi connectivity index (χ2n) is 9.39. The first-order chi connectivity index (χ1) is 17.1. The van der Waals surface area contributed by atoms with E-state index in [0.717, 1.165) is 49.5 Å². The summed E-state index contributed by atoms with van der Waals surface area (Å²) in [5.74, 6) is 2.90. The first kappa shape index (κ1) is 23.2. The molecule has 1 aliphatic heterocycles. The Hall–Kier alpha value is -3.55. The molecule has 0 bridgehead atoms. The van der Waals surface area contributed by atoms with Crippen LogP contribution in [0.1, 0.15) is 36.5 Å². The van der Waals surface area contributed by atoms with Crippen molar-refractivity contribution in [1.82, 2.24) is 20.1 Å². The van der Waals surface area contributed by atoms with Crippen molar-refractivity contribution >= 4 is 11.6 Å². The third kappa shape index (κ3) is 5.42. The number of aromatic amines is 1. The van der Waals surface area contributed by atoms with Gasteiger partial charge in [-0.2, -0.15) is 5.10 Å². The van der Waals surface area contributed by atoms with E-state index in [0.29, 0.717) is 18.2 Å². The smallest absolute Gasteiger partial charge is 0.230 e.